The van der Waals surface area contributed by atoms with Crippen LogP contribution >= 0.6 is 0 Å². The fourth-order valence-electron chi connectivity index (χ4n) is 2.11. The van der Waals surface area contributed by atoms with Gasteiger partial charge >= 0.3 is 5.97 Å². The van der Waals surface area contributed by atoms with Crippen molar-refractivity contribution in [2.45, 2.75) is 20.8 Å². The van der Waals surface area contributed by atoms with Gasteiger partial charge in [-0.1, -0.05) is 6.08 Å². The van der Waals surface area contributed by atoms with E-state index in [0.29, 0.717) is 11.1 Å². The number of non-ortho nitro benzene ring substituents is 1. The van der Waals surface area contributed by atoms with E-state index in [2.05, 4.69) is 5.32 Å². The maximum absolute atomic E-state index is 11.6. The number of nitriles is 1. The first kappa shape index (κ1) is 22.0. The largest absolute Gasteiger partial charge is 0.462 e. The second-order valence-corrected chi connectivity index (χ2v) is 5.53. The fourth-order valence-corrected chi connectivity index (χ4v) is 2.11. The van der Waals surface area contributed by atoms with Crippen molar-refractivity contribution in [3.63, 3.8) is 0 Å². The van der Waals surface area contributed by atoms with Crippen molar-refractivity contribution in [3.05, 3.63) is 73.5 Å². The van der Waals surface area contributed by atoms with Crippen molar-refractivity contribution < 1.29 is 19.4 Å². The number of ether oxygens (including phenoxy) is 1. The van der Waals surface area contributed by atoms with Crippen LogP contribution in [-0.4, -0.2) is 22.4 Å². The van der Waals surface area contributed by atoms with E-state index in [0.717, 1.165) is 12.1 Å². The summed E-state index contributed by atoms with van der Waals surface area (Å²) in [4.78, 5) is 32.0. The first-order chi connectivity index (χ1) is 13.2. The summed E-state index contributed by atoms with van der Waals surface area (Å²) in [5, 5.41) is 33.6. The number of benzene rings is 1. The summed E-state index contributed by atoms with van der Waals surface area (Å²) >= 11 is 0. The zero-order valence-electron chi connectivity index (χ0n) is 15.5. The van der Waals surface area contributed by atoms with Crippen LogP contribution in [0.5, 0.6) is 0 Å². The molecule has 10 heteroatoms. The molecule has 1 N–H and O–H groups in total. The first-order valence-corrected chi connectivity index (χ1v) is 8.03. The van der Waals surface area contributed by atoms with Gasteiger partial charge in [0.1, 0.15) is 17.3 Å². The zero-order valence-corrected chi connectivity index (χ0v) is 15.5. The molecule has 1 rings (SSSR count). The van der Waals surface area contributed by atoms with E-state index in [1.54, 1.807) is 32.9 Å². The highest BCUT2D eigenvalue weighted by molar-refractivity contribution is 5.93. The van der Waals surface area contributed by atoms with E-state index in [4.69, 9.17) is 10.00 Å². The quantitative estimate of drug-likeness (QED) is 0.177. The fraction of sp³-hybridized carbons (Fsp3) is 0.222. The average Bonchev–Trinajstić information content (AvgIpc) is 2.64. The number of nitro groups is 2. The number of hydrogen-bond donors (Lipinski definition) is 1. The summed E-state index contributed by atoms with van der Waals surface area (Å²) < 4.78 is 4.77. The molecule has 0 unspecified atom stereocenters. The Morgan fingerprint density at radius 1 is 1.21 bits per heavy atom. The second-order valence-electron chi connectivity index (χ2n) is 5.53. The van der Waals surface area contributed by atoms with Crippen LogP contribution in [0.4, 0.5) is 17.1 Å². The normalized spacial score (nSPS) is 12.1. The number of nitro benzene ring substituents is 2. The van der Waals surface area contributed by atoms with Crippen LogP contribution in [0.25, 0.3) is 0 Å². The molecule has 1 aromatic rings. The van der Waals surface area contributed by atoms with Gasteiger partial charge in [-0.05, 0) is 44.1 Å². The van der Waals surface area contributed by atoms with E-state index in [1.807, 2.05) is 0 Å². The minimum atomic E-state index is -0.723. The summed E-state index contributed by atoms with van der Waals surface area (Å²) in [5.74, 6) is -0.723. The van der Waals surface area contributed by atoms with Gasteiger partial charge < -0.3 is 10.1 Å². The van der Waals surface area contributed by atoms with Crippen LogP contribution < -0.4 is 5.32 Å². The molecule has 10 nitrogen and oxygen atoms in total. The summed E-state index contributed by atoms with van der Waals surface area (Å²) in [6.07, 6.45) is 4.46. The Bertz CT molecular complexity index is 924. The number of carbonyl (C=O) groups excluding carboxylic acids is 1. The maximum atomic E-state index is 11.6. The van der Waals surface area contributed by atoms with Gasteiger partial charge in [-0.15, -0.1) is 0 Å². The Hall–Kier alpha value is -4.00. The molecule has 0 aliphatic heterocycles. The molecule has 0 spiro atoms. The van der Waals surface area contributed by atoms with Crippen LogP contribution in [0.1, 0.15) is 20.8 Å². The van der Waals surface area contributed by atoms with Gasteiger partial charge in [-0.2, -0.15) is 5.26 Å². The van der Waals surface area contributed by atoms with E-state index in [1.165, 1.54) is 18.3 Å². The zero-order chi connectivity index (χ0) is 21.3. The minimum Gasteiger partial charge on any atom is -0.462 e. The lowest BCUT2D eigenvalue weighted by atomic mass is 10.1. The molecular weight excluding hydrogens is 368 g/mol. The molecule has 0 aliphatic carbocycles. The van der Waals surface area contributed by atoms with E-state index in [-0.39, 0.29) is 23.6 Å². The van der Waals surface area contributed by atoms with Gasteiger partial charge in [-0.25, -0.2) is 4.79 Å². The van der Waals surface area contributed by atoms with Gasteiger partial charge in [0.25, 0.3) is 11.4 Å². The summed E-state index contributed by atoms with van der Waals surface area (Å²) in [7, 11) is 0. The lowest BCUT2D eigenvalue weighted by Gasteiger charge is -2.04. The first-order valence-electron chi connectivity index (χ1n) is 8.03. The van der Waals surface area contributed by atoms with Crippen molar-refractivity contribution in [2.24, 2.45) is 0 Å². The number of rotatable bonds is 8. The van der Waals surface area contributed by atoms with Crippen molar-refractivity contribution in [3.8, 4) is 6.07 Å². The van der Waals surface area contributed by atoms with Crippen LogP contribution in [0.2, 0.25) is 0 Å². The molecule has 0 aliphatic rings. The lowest BCUT2D eigenvalue weighted by Crippen LogP contribution is -2.06. The van der Waals surface area contributed by atoms with Gasteiger partial charge in [0.2, 0.25) is 0 Å². The van der Waals surface area contributed by atoms with E-state index in [9.17, 15) is 25.0 Å². The molecule has 0 radical (unpaired) electrons. The summed E-state index contributed by atoms with van der Waals surface area (Å²) in [6, 6.07) is 5.03. The van der Waals surface area contributed by atoms with E-state index < -0.39 is 21.5 Å². The lowest BCUT2D eigenvalue weighted by molar-refractivity contribution is -0.393. The number of allylic oxidation sites excluding steroid dienone is 4. The van der Waals surface area contributed by atoms with Gasteiger partial charge in [0.05, 0.1) is 22.5 Å². The molecule has 0 fully saturated rings. The topological polar surface area (TPSA) is 148 Å². The molecule has 0 aromatic heterocycles. The number of hydrogen-bond acceptors (Lipinski definition) is 8. The molecule has 0 heterocycles. The molecule has 0 saturated carbocycles. The molecule has 0 amide bonds. The Morgan fingerprint density at radius 3 is 2.43 bits per heavy atom. The molecular formula is C18H18N4O6. The predicted octanol–water partition coefficient (Wildman–Crippen LogP) is 3.78. The summed E-state index contributed by atoms with van der Waals surface area (Å²) in [5.41, 5.74) is 0.318. The smallest absolute Gasteiger partial charge is 0.348 e. The number of anilines is 1. The van der Waals surface area contributed by atoms with Crippen molar-refractivity contribution in [1.29, 1.82) is 5.26 Å². The van der Waals surface area contributed by atoms with Gasteiger partial charge in [0.15, 0.2) is 0 Å². The van der Waals surface area contributed by atoms with Crippen LogP contribution in [0.3, 0.4) is 0 Å². The third-order valence-electron chi connectivity index (χ3n) is 3.29. The number of nitrogens with one attached hydrogen (secondary N) is 1. The van der Waals surface area contributed by atoms with Crippen molar-refractivity contribution in [2.75, 3.05) is 11.9 Å². The molecule has 28 heavy (non-hydrogen) atoms. The van der Waals surface area contributed by atoms with Crippen molar-refractivity contribution in [1.82, 2.24) is 0 Å². The Balaban J connectivity index is 3.05. The Labute approximate surface area is 160 Å². The van der Waals surface area contributed by atoms with Crippen LogP contribution in [0.15, 0.2) is 53.3 Å². The third kappa shape index (κ3) is 6.38. The number of esters is 1. The SMILES string of the molecule is CCOC(=O)/C(C#N)=C/C(C)=C/C(C)=C/Nc1ccc([N+](=O)[O-])cc1[N+](=O)[O-]. The molecule has 0 atom stereocenters. The Kier molecular flexibility index (Phi) is 8.05. The molecule has 146 valence electrons. The highest BCUT2D eigenvalue weighted by atomic mass is 16.6. The number of carbonyl (C=O) groups is 1. The van der Waals surface area contributed by atoms with Crippen molar-refractivity contribution >= 4 is 23.0 Å². The standard InChI is InChI=1S/C18H18N4O6/c1-4-28-18(23)14(10-19)8-12(2)7-13(3)11-20-16-6-5-15(21(24)25)9-17(16)22(26)27/h5-9,11,20H,4H2,1-3H3/b12-7+,13-11+,14-8+. The summed E-state index contributed by atoms with van der Waals surface area (Å²) in [6.45, 7) is 5.14. The predicted molar refractivity (Wildman–Crippen MR) is 101 cm³/mol. The molecule has 1 aromatic carbocycles. The van der Waals surface area contributed by atoms with Crippen LogP contribution in [0, 0.1) is 31.6 Å². The second kappa shape index (κ2) is 10.2. The third-order valence-corrected chi connectivity index (χ3v) is 3.29. The van der Waals surface area contributed by atoms with Gasteiger partial charge in [-0.3, -0.25) is 20.2 Å². The maximum Gasteiger partial charge on any atom is 0.348 e. The molecule has 0 bridgehead atoms. The van der Waals surface area contributed by atoms with Crippen LogP contribution in [-0.2, 0) is 9.53 Å². The minimum absolute atomic E-state index is 0.0841. The Morgan fingerprint density at radius 2 is 1.89 bits per heavy atom. The van der Waals surface area contributed by atoms with E-state index >= 15 is 0 Å². The highest BCUT2D eigenvalue weighted by Gasteiger charge is 2.18. The average molecular weight is 386 g/mol. The van der Waals surface area contributed by atoms with Gasteiger partial charge in [0, 0.05) is 12.3 Å². The monoisotopic (exact) mass is 386 g/mol. The highest BCUT2D eigenvalue weighted by Crippen LogP contribution is 2.29. The molecule has 0 saturated heterocycles. The number of nitrogens with zero attached hydrogens (tertiary/aromatic N) is 3.